The van der Waals surface area contributed by atoms with Gasteiger partial charge >= 0.3 is 11.9 Å². The van der Waals surface area contributed by atoms with Crippen LogP contribution >= 0.6 is 0 Å². The predicted octanol–water partition coefficient (Wildman–Crippen LogP) is 7.92. The van der Waals surface area contributed by atoms with Crippen LogP contribution in [0.15, 0.2) is 12.2 Å². The van der Waals surface area contributed by atoms with Crippen LogP contribution in [0, 0.1) is 0 Å². The lowest BCUT2D eigenvalue weighted by molar-refractivity contribution is -0.147. The number of amides is 2. The smallest absolute Gasteiger partial charge is 0.328 e. The van der Waals surface area contributed by atoms with Gasteiger partial charge in [-0.3, -0.25) is 14.4 Å². The van der Waals surface area contributed by atoms with Crippen LogP contribution in [0.5, 0.6) is 0 Å². The molecule has 0 fully saturated rings. The summed E-state index contributed by atoms with van der Waals surface area (Å²) in [6.45, 7) is 3.42. The number of esters is 1. The number of unbranched alkanes of at least 4 members (excludes halogenated alkanes) is 19. The van der Waals surface area contributed by atoms with Crippen molar-refractivity contribution in [1.82, 2.24) is 10.6 Å². The normalized spacial score (nSPS) is 12.6. The van der Waals surface area contributed by atoms with Crippen LogP contribution in [0.25, 0.3) is 0 Å². The van der Waals surface area contributed by atoms with Crippen LogP contribution in [0.2, 0.25) is 0 Å². The Labute approximate surface area is 280 Å². The van der Waals surface area contributed by atoms with Gasteiger partial charge in [0, 0.05) is 12.8 Å². The summed E-state index contributed by atoms with van der Waals surface area (Å²) in [4.78, 5) is 47.3. The van der Waals surface area contributed by atoms with E-state index < -0.39 is 24.5 Å². The number of carboxylic acids is 1. The van der Waals surface area contributed by atoms with E-state index in [-0.39, 0.29) is 30.9 Å². The number of hydrogen-bond donors (Lipinski definition) is 4. The molecule has 0 bridgehead atoms. The lowest BCUT2D eigenvalue weighted by atomic mass is 10.0. The average molecular weight is 653 g/mol. The third-order valence-electron chi connectivity index (χ3n) is 8.25. The maximum atomic E-state index is 12.6. The van der Waals surface area contributed by atoms with Gasteiger partial charge in [-0.2, -0.15) is 0 Å². The van der Waals surface area contributed by atoms with Gasteiger partial charge in [0.25, 0.3) is 0 Å². The number of rotatable bonds is 33. The van der Waals surface area contributed by atoms with Crippen molar-refractivity contribution in [2.45, 2.75) is 187 Å². The van der Waals surface area contributed by atoms with Gasteiger partial charge in [0.05, 0.1) is 13.2 Å². The van der Waals surface area contributed by atoms with Gasteiger partial charge in [-0.15, -0.1) is 0 Å². The second-order valence-corrected chi connectivity index (χ2v) is 12.7. The van der Waals surface area contributed by atoms with Crippen molar-refractivity contribution in [1.29, 1.82) is 0 Å². The monoisotopic (exact) mass is 653 g/mol. The van der Waals surface area contributed by atoms with E-state index in [4.69, 9.17) is 14.9 Å². The highest BCUT2D eigenvalue weighted by atomic mass is 16.5. The highest BCUT2D eigenvalue weighted by Gasteiger charge is 2.18. The number of ether oxygens (including phenoxy) is 1. The molecule has 2 amide bonds. The molecule has 4 N–H and O–H groups in total. The Hall–Kier alpha value is -2.42. The van der Waals surface area contributed by atoms with E-state index in [0.29, 0.717) is 12.8 Å². The van der Waals surface area contributed by atoms with Crippen LogP contribution in [0.4, 0.5) is 0 Å². The molecule has 0 aliphatic carbocycles. The van der Waals surface area contributed by atoms with Crippen molar-refractivity contribution in [2.75, 3.05) is 13.2 Å². The topological polar surface area (TPSA) is 142 Å². The molecule has 46 heavy (non-hydrogen) atoms. The molecule has 0 radical (unpaired) electrons. The number of aliphatic hydroxyl groups excluding tert-OH is 1. The summed E-state index contributed by atoms with van der Waals surface area (Å²) in [6.07, 6.45) is 31.1. The molecule has 0 aromatic rings. The van der Waals surface area contributed by atoms with Gasteiger partial charge in [0.2, 0.25) is 11.8 Å². The Bertz CT molecular complexity index is 803. The lowest BCUT2D eigenvalue weighted by Crippen LogP contribution is -2.47. The fraction of sp³-hybridized carbons (Fsp3) is 0.838. The zero-order chi connectivity index (χ0) is 34.1. The molecule has 0 saturated heterocycles. The first-order valence-corrected chi connectivity index (χ1v) is 18.6. The molecule has 0 aromatic heterocycles. The largest absolute Gasteiger partial charge is 0.480 e. The molecule has 0 aliphatic heterocycles. The minimum atomic E-state index is -1.39. The maximum Gasteiger partial charge on any atom is 0.328 e. The third kappa shape index (κ3) is 29.0. The number of nitrogens with one attached hydrogen (secondary N) is 2. The molecule has 0 aliphatic rings. The number of hydrogen-bond acceptors (Lipinski definition) is 6. The third-order valence-corrected chi connectivity index (χ3v) is 8.25. The first-order valence-electron chi connectivity index (χ1n) is 18.6. The van der Waals surface area contributed by atoms with Crippen molar-refractivity contribution in [3.63, 3.8) is 0 Å². The second-order valence-electron chi connectivity index (χ2n) is 12.7. The summed E-state index contributed by atoms with van der Waals surface area (Å²) in [7, 11) is 0. The molecular formula is C37H68N2O7. The fourth-order valence-electron chi connectivity index (χ4n) is 5.33. The molecule has 2 atom stereocenters. The SMILES string of the molecule is CCCCCCC/C=C\C(CCCCCCC(=O)NCC(=O)NC(CO)C(=O)O)OC(=O)CCCCCCCCCCCCCC. The number of carbonyl (C=O) groups is 4. The van der Waals surface area contributed by atoms with Crippen LogP contribution < -0.4 is 10.6 Å². The van der Waals surface area contributed by atoms with Gasteiger partial charge in [-0.05, 0) is 44.6 Å². The Morgan fingerprint density at radius 1 is 0.652 bits per heavy atom. The molecule has 9 nitrogen and oxygen atoms in total. The quantitative estimate of drug-likeness (QED) is 0.0320. The van der Waals surface area contributed by atoms with E-state index >= 15 is 0 Å². The number of aliphatic carboxylic acids is 1. The van der Waals surface area contributed by atoms with E-state index in [0.717, 1.165) is 51.4 Å². The average Bonchev–Trinajstić information content (AvgIpc) is 3.03. The van der Waals surface area contributed by atoms with Gasteiger partial charge in [0.1, 0.15) is 12.1 Å². The highest BCUT2D eigenvalue weighted by Crippen LogP contribution is 2.16. The molecule has 268 valence electrons. The molecule has 0 rings (SSSR count). The summed E-state index contributed by atoms with van der Waals surface area (Å²) >= 11 is 0. The van der Waals surface area contributed by atoms with Crippen LogP contribution in [0.1, 0.15) is 174 Å². The summed E-state index contributed by atoms with van der Waals surface area (Å²) in [5.41, 5.74) is 0. The number of carboxylic acid groups (broad SMARTS) is 1. The summed E-state index contributed by atoms with van der Waals surface area (Å²) in [5.74, 6) is -2.39. The van der Waals surface area contributed by atoms with E-state index in [1.165, 1.54) is 89.9 Å². The molecule has 0 saturated carbocycles. The van der Waals surface area contributed by atoms with Crippen LogP contribution in [-0.2, 0) is 23.9 Å². The summed E-state index contributed by atoms with van der Waals surface area (Å²) < 4.78 is 5.86. The van der Waals surface area contributed by atoms with Crippen molar-refractivity contribution in [3.8, 4) is 0 Å². The number of aliphatic hydroxyl groups is 1. The van der Waals surface area contributed by atoms with E-state index in [1.807, 2.05) is 0 Å². The van der Waals surface area contributed by atoms with E-state index in [1.54, 1.807) is 0 Å². The Morgan fingerprint density at radius 2 is 1.15 bits per heavy atom. The van der Waals surface area contributed by atoms with Crippen molar-refractivity contribution >= 4 is 23.8 Å². The van der Waals surface area contributed by atoms with E-state index in [2.05, 4.69) is 36.6 Å². The fourth-order valence-corrected chi connectivity index (χ4v) is 5.33. The minimum Gasteiger partial charge on any atom is -0.480 e. The zero-order valence-electron chi connectivity index (χ0n) is 29.3. The number of carbonyl (C=O) groups excluding carboxylic acids is 3. The second kappa shape index (κ2) is 32.5. The molecule has 2 unspecified atom stereocenters. The standard InChI is InChI=1S/C37H68N2O7/c1-3-5-7-9-11-12-13-14-15-17-19-25-29-36(43)46-32(26-22-18-16-10-8-6-4-2)27-23-20-21-24-28-34(41)38-30-35(42)39-33(31-40)37(44)45/h22,26,32-33,40H,3-21,23-25,27-31H2,1-2H3,(H,38,41)(H,39,42)(H,44,45)/b26-22-. The number of allylic oxidation sites excluding steroid dienone is 1. The Kier molecular flexibility index (Phi) is 30.8. The van der Waals surface area contributed by atoms with Gasteiger partial charge in [0.15, 0.2) is 0 Å². The molecule has 9 heteroatoms. The Morgan fingerprint density at radius 3 is 1.70 bits per heavy atom. The molecule has 0 heterocycles. The molecule has 0 aromatic carbocycles. The van der Waals surface area contributed by atoms with E-state index in [9.17, 15) is 19.2 Å². The van der Waals surface area contributed by atoms with Crippen LogP contribution in [-0.4, -0.2) is 59.3 Å². The summed E-state index contributed by atoms with van der Waals surface area (Å²) in [5, 5.41) is 22.5. The van der Waals surface area contributed by atoms with Gasteiger partial charge in [-0.1, -0.05) is 129 Å². The minimum absolute atomic E-state index is 0.112. The Balaban J connectivity index is 4.26. The first kappa shape index (κ1) is 43.6. The molecular weight excluding hydrogens is 584 g/mol. The zero-order valence-corrected chi connectivity index (χ0v) is 29.3. The summed E-state index contributed by atoms with van der Waals surface area (Å²) in [6, 6.07) is -1.39. The van der Waals surface area contributed by atoms with Gasteiger partial charge in [-0.25, -0.2) is 4.79 Å². The lowest BCUT2D eigenvalue weighted by Gasteiger charge is -2.15. The van der Waals surface area contributed by atoms with Crippen molar-refractivity contribution in [2.24, 2.45) is 0 Å². The van der Waals surface area contributed by atoms with Crippen LogP contribution in [0.3, 0.4) is 0 Å². The van der Waals surface area contributed by atoms with Crippen molar-refractivity contribution < 1.29 is 34.1 Å². The maximum absolute atomic E-state index is 12.6. The van der Waals surface area contributed by atoms with Gasteiger partial charge < -0.3 is 25.6 Å². The first-order chi connectivity index (χ1) is 22.3. The molecule has 0 spiro atoms. The highest BCUT2D eigenvalue weighted by molar-refractivity contribution is 5.87. The predicted molar refractivity (Wildman–Crippen MR) is 185 cm³/mol. The van der Waals surface area contributed by atoms with Crippen molar-refractivity contribution in [3.05, 3.63) is 12.2 Å².